The fourth-order valence-corrected chi connectivity index (χ4v) is 7.35. The summed E-state index contributed by atoms with van der Waals surface area (Å²) < 4.78 is 0. The number of unbranched alkanes of at least 4 members (excludes halogenated alkanes) is 2. The van der Waals surface area contributed by atoms with E-state index in [1.165, 1.54) is 64.9 Å². The van der Waals surface area contributed by atoms with Gasteiger partial charge in [0, 0.05) is 0 Å². The SMILES string of the molecule is CCCCP(CCCC)c1cc2ccccc2[cH-]1.CP(C)c1cc2ccccc2[cH-]1.[Cl-].[Cl-].[Zr+4]. The molecule has 176 valence electrons. The van der Waals surface area contributed by atoms with E-state index < -0.39 is 0 Å². The van der Waals surface area contributed by atoms with Crippen LogP contribution in [0.3, 0.4) is 0 Å². The Kier molecular flexibility index (Phi) is 17.4. The van der Waals surface area contributed by atoms with Gasteiger partial charge in [0.15, 0.2) is 0 Å². The molecule has 0 atom stereocenters. The monoisotopic (exact) mass is 594 g/mol. The molecule has 0 saturated heterocycles. The summed E-state index contributed by atoms with van der Waals surface area (Å²) in [4.78, 5) is 0. The maximum absolute atomic E-state index is 2.44. The first-order chi connectivity index (χ1) is 14.6. The van der Waals surface area contributed by atoms with Gasteiger partial charge >= 0.3 is 26.2 Å². The molecule has 0 aliphatic carbocycles. The summed E-state index contributed by atoms with van der Waals surface area (Å²) in [5.74, 6) is 0. The zero-order chi connectivity index (χ0) is 21.3. The van der Waals surface area contributed by atoms with E-state index in [2.05, 4.69) is 100.0 Å². The first-order valence-electron chi connectivity index (χ1n) is 11.4. The van der Waals surface area contributed by atoms with E-state index in [1.54, 1.807) is 5.30 Å². The molecule has 0 heterocycles. The fraction of sp³-hybridized carbons (Fsp3) is 0.357. The molecule has 0 saturated carbocycles. The summed E-state index contributed by atoms with van der Waals surface area (Å²) in [5, 5.41) is 8.74. The molecule has 0 unspecified atom stereocenters. The maximum Gasteiger partial charge on any atom is 4.00 e. The number of rotatable bonds is 8. The summed E-state index contributed by atoms with van der Waals surface area (Å²) in [7, 11) is 0.143. The van der Waals surface area contributed by atoms with Gasteiger partial charge in [-0.3, -0.25) is 0 Å². The van der Waals surface area contributed by atoms with Gasteiger partial charge in [0.2, 0.25) is 0 Å². The summed E-state index contributed by atoms with van der Waals surface area (Å²) >= 11 is 0. The van der Waals surface area contributed by atoms with Crippen LogP contribution in [-0.4, -0.2) is 25.7 Å². The van der Waals surface area contributed by atoms with Gasteiger partial charge in [-0.1, -0.05) is 46.7 Å². The minimum atomic E-state index is 0. The molecule has 0 bridgehead atoms. The molecule has 0 spiro atoms. The van der Waals surface area contributed by atoms with Gasteiger partial charge in [0.1, 0.15) is 0 Å². The van der Waals surface area contributed by atoms with Crippen LogP contribution in [0, 0.1) is 0 Å². The van der Waals surface area contributed by atoms with Crippen molar-refractivity contribution in [1.29, 1.82) is 0 Å². The van der Waals surface area contributed by atoms with E-state index in [1.807, 2.05) is 0 Å². The third-order valence-corrected chi connectivity index (χ3v) is 9.64. The Morgan fingerprint density at radius 3 is 1.52 bits per heavy atom. The standard InChI is InChI=1S/C17H24P.C11H12P.2ClH.Zr/c1-3-5-11-18(12-6-4-2)17-13-15-9-7-8-10-16(15)14-17;1-12(2)11-7-9-5-3-4-6-10(9)8-11;;;/h7-10,13-14H,3-6,11-12H2,1-2H3;3-8H,1-2H3;2*1H;/q2*-1;;;+4/p-2. The normalized spacial score (nSPS) is 10.4. The predicted molar refractivity (Wildman–Crippen MR) is 144 cm³/mol. The number of hydrogen-bond donors (Lipinski definition) is 0. The molecule has 0 radical (unpaired) electrons. The Labute approximate surface area is 235 Å². The molecular formula is C28H36Cl2P2Zr. The van der Waals surface area contributed by atoms with Crippen LogP contribution in [0.2, 0.25) is 0 Å². The topological polar surface area (TPSA) is 0 Å². The minimum absolute atomic E-state index is 0. The smallest absolute Gasteiger partial charge is 1.00 e. The molecule has 4 aromatic carbocycles. The van der Waals surface area contributed by atoms with Crippen molar-refractivity contribution in [2.45, 2.75) is 39.5 Å². The predicted octanol–water partition coefficient (Wildman–Crippen LogP) is 2.20. The Bertz CT molecular complexity index is 964. The molecule has 0 amide bonds. The van der Waals surface area contributed by atoms with Crippen molar-refractivity contribution in [1.82, 2.24) is 0 Å². The second-order valence-corrected chi connectivity index (χ2v) is 13.1. The number of benzene rings is 2. The number of halogens is 2. The molecule has 0 aromatic heterocycles. The van der Waals surface area contributed by atoms with Crippen LogP contribution in [0.1, 0.15) is 39.5 Å². The van der Waals surface area contributed by atoms with Gasteiger partial charge in [0.05, 0.1) is 0 Å². The third kappa shape index (κ3) is 9.87. The van der Waals surface area contributed by atoms with Crippen LogP contribution >= 0.6 is 15.8 Å². The first-order valence-corrected chi connectivity index (χ1v) is 15.3. The van der Waals surface area contributed by atoms with Crippen molar-refractivity contribution in [3.8, 4) is 0 Å². The van der Waals surface area contributed by atoms with E-state index in [4.69, 9.17) is 0 Å². The van der Waals surface area contributed by atoms with E-state index >= 15 is 0 Å². The zero-order valence-corrected chi connectivity index (χ0v) is 26.1. The van der Waals surface area contributed by atoms with Gasteiger partial charge < -0.3 is 24.8 Å². The second kappa shape index (κ2) is 17.4. The largest absolute Gasteiger partial charge is 4.00 e. The summed E-state index contributed by atoms with van der Waals surface area (Å²) in [6.45, 7) is 9.19. The summed E-state index contributed by atoms with van der Waals surface area (Å²) in [6.07, 6.45) is 8.26. The minimum Gasteiger partial charge on any atom is -1.00 e. The van der Waals surface area contributed by atoms with Crippen molar-refractivity contribution in [3.63, 3.8) is 0 Å². The van der Waals surface area contributed by atoms with Crippen molar-refractivity contribution in [2.24, 2.45) is 0 Å². The van der Waals surface area contributed by atoms with Crippen LogP contribution in [0.4, 0.5) is 0 Å². The average molecular weight is 597 g/mol. The van der Waals surface area contributed by atoms with Gasteiger partial charge in [0.25, 0.3) is 0 Å². The zero-order valence-electron chi connectivity index (χ0n) is 20.3. The van der Waals surface area contributed by atoms with Gasteiger partial charge in [-0.2, -0.15) is 12.1 Å². The Morgan fingerprint density at radius 2 is 1.09 bits per heavy atom. The Balaban J connectivity index is 0.000000603. The van der Waals surface area contributed by atoms with Crippen molar-refractivity contribution in [3.05, 3.63) is 72.8 Å². The van der Waals surface area contributed by atoms with Crippen molar-refractivity contribution >= 4 is 48.0 Å². The van der Waals surface area contributed by atoms with Gasteiger partial charge in [-0.15, -0.1) is 88.6 Å². The van der Waals surface area contributed by atoms with E-state index in [0.29, 0.717) is 0 Å². The molecule has 0 fully saturated rings. The third-order valence-electron chi connectivity index (χ3n) is 5.65. The average Bonchev–Trinajstić information content (AvgIpc) is 3.38. The van der Waals surface area contributed by atoms with Crippen LogP contribution in [0.15, 0.2) is 72.8 Å². The maximum atomic E-state index is 2.44. The van der Waals surface area contributed by atoms with Crippen molar-refractivity contribution in [2.75, 3.05) is 25.7 Å². The number of hydrogen-bond acceptors (Lipinski definition) is 0. The number of fused-ring (bicyclic) bond motifs is 2. The fourth-order valence-electron chi connectivity index (χ4n) is 3.78. The second-order valence-electron chi connectivity index (χ2n) is 8.27. The van der Waals surface area contributed by atoms with Gasteiger partial charge in [-0.05, 0) is 38.5 Å². The van der Waals surface area contributed by atoms with Crippen molar-refractivity contribution < 1.29 is 51.0 Å². The van der Waals surface area contributed by atoms with Crippen LogP contribution in [0.25, 0.3) is 21.5 Å². The molecule has 0 aliphatic heterocycles. The summed E-state index contributed by atoms with van der Waals surface area (Å²) in [6, 6.07) is 26.8. The molecule has 0 nitrogen and oxygen atoms in total. The Hall–Kier alpha value is -0.0169. The molecular weight excluding hydrogens is 560 g/mol. The molecule has 33 heavy (non-hydrogen) atoms. The summed E-state index contributed by atoms with van der Waals surface area (Å²) in [5.41, 5.74) is 0. The first kappa shape index (κ1) is 33.0. The quantitative estimate of drug-likeness (QED) is 0.216. The Morgan fingerprint density at radius 1 is 0.667 bits per heavy atom. The van der Waals surface area contributed by atoms with E-state index in [9.17, 15) is 0 Å². The van der Waals surface area contributed by atoms with Crippen LogP contribution < -0.4 is 35.4 Å². The molecule has 5 heteroatoms. The molecule has 0 aliphatic rings. The van der Waals surface area contributed by atoms with Crippen LogP contribution in [0.5, 0.6) is 0 Å². The van der Waals surface area contributed by atoms with Crippen LogP contribution in [-0.2, 0) is 26.2 Å². The molecule has 0 N–H and O–H groups in total. The molecule has 4 aromatic rings. The van der Waals surface area contributed by atoms with Gasteiger partial charge in [-0.25, -0.2) is 0 Å². The molecule has 4 rings (SSSR count). The van der Waals surface area contributed by atoms with E-state index in [-0.39, 0.29) is 66.9 Å². The van der Waals surface area contributed by atoms with E-state index in [0.717, 1.165) is 0 Å².